The average Bonchev–Trinajstić information content (AvgIpc) is 2.78. The largest absolute Gasteiger partial charge is 0.494 e. The number of carbonyl (C=O) groups excluding carboxylic acids is 2. The lowest BCUT2D eigenvalue weighted by molar-refractivity contribution is -0.117. The van der Waals surface area contributed by atoms with Gasteiger partial charge in [-0.25, -0.2) is 4.98 Å². The maximum atomic E-state index is 12.4. The number of aryl methyl sites for hydroxylation is 1. The first-order chi connectivity index (χ1) is 14.7. The van der Waals surface area contributed by atoms with Crippen molar-refractivity contribution in [1.82, 2.24) is 4.98 Å². The molecule has 0 unspecified atom stereocenters. The third kappa shape index (κ3) is 5.09. The number of carbonyl (C=O) groups is 2. The zero-order valence-corrected chi connectivity index (χ0v) is 17.2. The fourth-order valence-corrected chi connectivity index (χ4v) is 3.94. The summed E-state index contributed by atoms with van der Waals surface area (Å²) in [6.07, 6.45) is 7.60. The summed E-state index contributed by atoms with van der Waals surface area (Å²) >= 11 is 0. The van der Waals surface area contributed by atoms with Crippen LogP contribution in [0.3, 0.4) is 0 Å². The van der Waals surface area contributed by atoms with Gasteiger partial charge in [-0.1, -0.05) is 0 Å². The molecular weight excluding hydrogens is 380 g/mol. The Morgan fingerprint density at radius 2 is 2.03 bits per heavy atom. The lowest BCUT2D eigenvalue weighted by atomic mass is 10.0. The number of anilines is 3. The summed E-state index contributed by atoms with van der Waals surface area (Å²) in [5, 5.41) is 5.88. The van der Waals surface area contributed by atoms with Gasteiger partial charge in [-0.05, 0) is 68.0 Å². The van der Waals surface area contributed by atoms with Crippen LogP contribution in [0.25, 0.3) is 0 Å². The number of piperidine rings is 1. The van der Waals surface area contributed by atoms with Gasteiger partial charge in [0.05, 0.1) is 12.3 Å². The van der Waals surface area contributed by atoms with Crippen LogP contribution in [-0.4, -0.2) is 36.5 Å². The normalized spacial score (nSPS) is 15.9. The van der Waals surface area contributed by atoms with E-state index in [0.29, 0.717) is 25.9 Å². The number of ether oxygens (including phenoxy) is 1. The third-order valence-corrected chi connectivity index (χ3v) is 5.51. The Kier molecular flexibility index (Phi) is 6.47. The molecule has 158 valence electrons. The van der Waals surface area contributed by atoms with Crippen LogP contribution in [0.4, 0.5) is 17.2 Å². The van der Waals surface area contributed by atoms with Crippen LogP contribution < -0.4 is 20.3 Å². The Bertz CT molecular complexity index is 909. The quantitative estimate of drug-likeness (QED) is 0.682. The first-order valence-electron chi connectivity index (χ1n) is 10.7. The Morgan fingerprint density at radius 1 is 1.17 bits per heavy atom. The number of nitrogens with one attached hydrogen (secondary N) is 2. The molecule has 0 bridgehead atoms. The summed E-state index contributed by atoms with van der Waals surface area (Å²) in [4.78, 5) is 30.6. The van der Waals surface area contributed by atoms with Crippen molar-refractivity contribution in [3.63, 3.8) is 0 Å². The second kappa shape index (κ2) is 9.61. The van der Waals surface area contributed by atoms with Crippen molar-refractivity contribution in [1.29, 1.82) is 0 Å². The van der Waals surface area contributed by atoms with Gasteiger partial charge in [0.1, 0.15) is 5.75 Å². The van der Waals surface area contributed by atoms with Crippen molar-refractivity contribution in [3.8, 4) is 5.75 Å². The number of benzene rings is 1. The monoisotopic (exact) mass is 408 g/mol. The second-order valence-corrected chi connectivity index (χ2v) is 7.79. The topological polar surface area (TPSA) is 83.6 Å². The Balaban J connectivity index is 1.25. The number of nitrogens with zero attached hydrogens (tertiary/aromatic N) is 2. The molecule has 30 heavy (non-hydrogen) atoms. The second-order valence-electron chi connectivity index (χ2n) is 7.79. The van der Waals surface area contributed by atoms with Crippen molar-refractivity contribution in [2.45, 2.75) is 44.9 Å². The fraction of sp³-hybridized carbons (Fsp3) is 0.435. The summed E-state index contributed by atoms with van der Waals surface area (Å²) in [5.74, 6) is 1.66. The van der Waals surface area contributed by atoms with E-state index in [2.05, 4.69) is 20.5 Å². The lowest BCUT2D eigenvalue weighted by Gasteiger charge is -2.29. The number of pyridine rings is 1. The number of hydrogen-bond acceptors (Lipinski definition) is 5. The van der Waals surface area contributed by atoms with Crippen molar-refractivity contribution >= 4 is 29.0 Å². The summed E-state index contributed by atoms with van der Waals surface area (Å²) in [6.45, 7) is 2.43. The molecule has 3 heterocycles. The zero-order chi connectivity index (χ0) is 20.8. The van der Waals surface area contributed by atoms with Gasteiger partial charge in [-0.15, -0.1) is 0 Å². The number of fused-ring (bicyclic) bond motifs is 1. The first-order valence-corrected chi connectivity index (χ1v) is 10.7. The number of rotatable bonds is 7. The highest BCUT2D eigenvalue weighted by molar-refractivity contribution is 5.94. The highest BCUT2D eigenvalue weighted by Crippen LogP contribution is 2.27. The SMILES string of the molecule is O=C1CCc2cc(OCCCC(=O)Nc3cccnc3N3CCCCC3)ccc2N1. The zero-order valence-electron chi connectivity index (χ0n) is 17.2. The first kappa shape index (κ1) is 20.2. The molecule has 0 radical (unpaired) electrons. The standard InChI is InChI=1S/C23H28N4O3/c28-21(26-20-6-4-12-24-23(20)27-13-2-1-3-14-27)7-5-15-30-18-9-10-19-17(16-18)8-11-22(29)25-19/h4,6,9-10,12,16H,1-3,5,7-8,11,13-15H2,(H,25,29)(H,26,28). The highest BCUT2D eigenvalue weighted by atomic mass is 16.5. The number of amides is 2. The summed E-state index contributed by atoms with van der Waals surface area (Å²) in [7, 11) is 0. The van der Waals surface area contributed by atoms with E-state index >= 15 is 0 Å². The van der Waals surface area contributed by atoms with Gasteiger partial charge < -0.3 is 20.3 Å². The average molecular weight is 409 g/mol. The Morgan fingerprint density at radius 3 is 2.90 bits per heavy atom. The molecule has 2 aromatic rings. The van der Waals surface area contributed by atoms with E-state index in [9.17, 15) is 9.59 Å². The van der Waals surface area contributed by atoms with Gasteiger partial charge in [0, 0.05) is 37.8 Å². The summed E-state index contributed by atoms with van der Waals surface area (Å²) in [5.41, 5.74) is 2.73. The minimum atomic E-state index is -0.0296. The molecule has 4 rings (SSSR count). The van der Waals surface area contributed by atoms with Gasteiger partial charge in [0.2, 0.25) is 11.8 Å². The molecule has 0 atom stereocenters. The van der Waals surface area contributed by atoms with Crippen LogP contribution in [0, 0.1) is 0 Å². The van der Waals surface area contributed by atoms with Crippen molar-refractivity contribution in [2.24, 2.45) is 0 Å². The lowest BCUT2D eigenvalue weighted by Crippen LogP contribution is -2.31. The van der Waals surface area contributed by atoms with E-state index in [1.54, 1.807) is 6.20 Å². The fourth-order valence-electron chi connectivity index (χ4n) is 3.94. The molecule has 2 aliphatic rings. The van der Waals surface area contributed by atoms with Crippen LogP contribution in [0.1, 0.15) is 44.1 Å². The van der Waals surface area contributed by atoms with E-state index in [-0.39, 0.29) is 11.8 Å². The molecule has 0 spiro atoms. The summed E-state index contributed by atoms with van der Waals surface area (Å²) < 4.78 is 5.81. The van der Waals surface area contributed by atoms with Crippen LogP contribution in [-0.2, 0) is 16.0 Å². The van der Waals surface area contributed by atoms with E-state index in [1.165, 1.54) is 6.42 Å². The minimum Gasteiger partial charge on any atom is -0.494 e. The van der Waals surface area contributed by atoms with Crippen LogP contribution in [0.2, 0.25) is 0 Å². The molecule has 0 aliphatic carbocycles. The summed E-state index contributed by atoms with van der Waals surface area (Å²) in [6, 6.07) is 9.46. The maximum absolute atomic E-state index is 12.4. The molecular formula is C23H28N4O3. The molecule has 7 heteroatoms. The van der Waals surface area contributed by atoms with E-state index in [4.69, 9.17) is 4.74 Å². The molecule has 1 aromatic heterocycles. The van der Waals surface area contributed by atoms with Crippen LogP contribution >= 0.6 is 0 Å². The Labute approximate surface area is 176 Å². The van der Waals surface area contributed by atoms with Crippen molar-refractivity contribution in [2.75, 3.05) is 35.2 Å². The molecule has 1 saturated heterocycles. The van der Waals surface area contributed by atoms with Crippen molar-refractivity contribution < 1.29 is 14.3 Å². The van der Waals surface area contributed by atoms with E-state index < -0.39 is 0 Å². The van der Waals surface area contributed by atoms with Gasteiger partial charge in [0.25, 0.3) is 0 Å². The molecule has 1 aromatic carbocycles. The maximum Gasteiger partial charge on any atom is 0.224 e. The molecule has 7 nitrogen and oxygen atoms in total. The molecule has 2 N–H and O–H groups in total. The predicted molar refractivity (Wildman–Crippen MR) is 117 cm³/mol. The molecule has 2 aliphatic heterocycles. The van der Waals surface area contributed by atoms with Gasteiger partial charge in [-0.3, -0.25) is 9.59 Å². The van der Waals surface area contributed by atoms with Gasteiger partial charge >= 0.3 is 0 Å². The van der Waals surface area contributed by atoms with Gasteiger partial charge in [-0.2, -0.15) is 0 Å². The molecule has 0 saturated carbocycles. The smallest absolute Gasteiger partial charge is 0.224 e. The van der Waals surface area contributed by atoms with Crippen LogP contribution in [0.15, 0.2) is 36.5 Å². The number of hydrogen-bond donors (Lipinski definition) is 2. The van der Waals surface area contributed by atoms with Crippen molar-refractivity contribution in [3.05, 3.63) is 42.1 Å². The van der Waals surface area contributed by atoms with Gasteiger partial charge in [0.15, 0.2) is 5.82 Å². The Hall–Kier alpha value is -3.09. The molecule has 2 amide bonds. The highest BCUT2D eigenvalue weighted by Gasteiger charge is 2.17. The molecule has 1 fully saturated rings. The van der Waals surface area contributed by atoms with E-state index in [1.807, 2.05) is 30.3 Å². The number of aromatic nitrogens is 1. The van der Waals surface area contributed by atoms with Crippen LogP contribution in [0.5, 0.6) is 5.75 Å². The predicted octanol–water partition coefficient (Wildman–Crippen LogP) is 3.75. The minimum absolute atomic E-state index is 0.0296. The third-order valence-electron chi connectivity index (χ3n) is 5.51. The van der Waals surface area contributed by atoms with E-state index in [0.717, 1.165) is 60.9 Å².